The van der Waals surface area contributed by atoms with Crippen LogP contribution in [0.4, 0.5) is 16.2 Å². The molecule has 0 aromatic heterocycles. The third-order valence-electron chi connectivity index (χ3n) is 5.37. The Bertz CT molecular complexity index is 773. The van der Waals surface area contributed by atoms with Crippen LogP contribution in [0.2, 0.25) is 0 Å². The zero-order valence-electron chi connectivity index (χ0n) is 16.2. The highest BCUT2D eigenvalue weighted by Crippen LogP contribution is 2.36. The van der Waals surface area contributed by atoms with Gasteiger partial charge >= 0.3 is 11.8 Å². The highest BCUT2D eigenvalue weighted by atomic mass is 16.6. The number of rotatable bonds is 5. The van der Waals surface area contributed by atoms with Gasteiger partial charge < -0.3 is 19.3 Å². The fourth-order valence-corrected chi connectivity index (χ4v) is 3.88. The van der Waals surface area contributed by atoms with Gasteiger partial charge in [0.25, 0.3) is 0 Å². The van der Waals surface area contributed by atoms with E-state index in [9.17, 15) is 19.7 Å². The summed E-state index contributed by atoms with van der Waals surface area (Å²) >= 11 is 0. The topological polar surface area (TPSA) is 102 Å². The largest absolute Gasteiger partial charge is 0.490 e. The lowest BCUT2D eigenvalue weighted by Crippen LogP contribution is -2.47. The quantitative estimate of drug-likeness (QED) is 0.432. The van der Waals surface area contributed by atoms with Gasteiger partial charge in [-0.1, -0.05) is 0 Å². The second-order valence-corrected chi connectivity index (χ2v) is 7.09. The summed E-state index contributed by atoms with van der Waals surface area (Å²) in [6.45, 7) is 3.84. The summed E-state index contributed by atoms with van der Waals surface area (Å²) in [7, 11) is 1.37. The van der Waals surface area contributed by atoms with E-state index in [2.05, 4.69) is 0 Å². The Labute approximate surface area is 163 Å². The molecule has 2 aliphatic rings. The van der Waals surface area contributed by atoms with Crippen LogP contribution < -0.4 is 9.64 Å². The summed E-state index contributed by atoms with van der Waals surface area (Å²) in [4.78, 5) is 38.8. The van der Waals surface area contributed by atoms with Crippen molar-refractivity contribution in [3.05, 3.63) is 27.8 Å². The molecule has 0 spiro atoms. The number of nitro benzene ring substituents is 1. The predicted molar refractivity (Wildman–Crippen MR) is 102 cm³/mol. The van der Waals surface area contributed by atoms with Gasteiger partial charge in [-0.15, -0.1) is 0 Å². The van der Waals surface area contributed by atoms with Crippen molar-refractivity contribution in [2.45, 2.75) is 38.6 Å². The smallest absolute Gasteiger partial charge is 0.410 e. The Morgan fingerprint density at radius 1 is 1.25 bits per heavy atom. The molecule has 0 bridgehead atoms. The van der Waals surface area contributed by atoms with Crippen molar-refractivity contribution >= 4 is 23.3 Å². The number of hydrogen-bond donors (Lipinski definition) is 0. The number of carbonyl (C=O) groups excluding carboxylic acids is 2. The van der Waals surface area contributed by atoms with Crippen LogP contribution >= 0.6 is 0 Å². The first kappa shape index (κ1) is 19.9. The van der Waals surface area contributed by atoms with Crippen LogP contribution in [0.3, 0.4) is 0 Å². The van der Waals surface area contributed by atoms with E-state index in [1.807, 2.05) is 9.80 Å². The lowest BCUT2D eigenvalue weighted by Gasteiger charge is -2.38. The molecule has 1 aromatic carbocycles. The number of Topliss-reactive ketones (excluding diaryl/α,β-unsaturated/α-hetero) is 1. The van der Waals surface area contributed by atoms with E-state index in [-0.39, 0.29) is 29.4 Å². The van der Waals surface area contributed by atoms with Gasteiger partial charge in [-0.2, -0.15) is 0 Å². The molecule has 2 heterocycles. The van der Waals surface area contributed by atoms with Crippen molar-refractivity contribution in [3.63, 3.8) is 0 Å². The van der Waals surface area contributed by atoms with E-state index in [0.29, 0.717) is 37.5 Å². The molecule has 9 nitrogen and oxygen atoms in total. The Morgan fingerprint density at radius 3 is 2.57 bits per heavy atom. The molecule has 9 heteroatoms. The van der Waals surface area contributed by atoms with Crippen molar-refractivity contribution in [2.75, 3.05) is 38.3 Å². The number of benzene rings is 1. The van der Waals surface area contributed by atoms with Gasteiger partial charge in [-0.05, 0) is 32.6 Å². The Hall–Kier alpha value is -2.84. The summed E-state index contributed by atoms with van der Waals surface area (Å²) in [5, 5.41) is 11.3. The second kappa shape index (κ2) is 8.45. The summed E-state index contributed by atoms with van der Waals surface area (Å²) in [6, 6.07) is 2.95. The molecular formula is C19H25N3O6. The van der Waals surface area contributed by atoms with Crippen LogP contribution in [0.15, 0.2) is 12.1 Å². The Kier molecular flexibility index (Phi) is 6.01. The molecule has 0 radical (unpaired) electrons. The highest BCUT2D eigenvalue weighted by molar-refractivity contribution is 6.01. The number of hydrogen-bond acceptors (Lipinski definition) is 7. The highest BCUT2D eigenvalue weighted by Gasteiger charge is 2.32. The summed E-state index contributed by atoms with van der Waals surface area (Å²) in [5.74, 6) is -0.109. The van der Waals surface area contributed by atoms with Gasteiger partial charge in [0.15, 0.2) is 11.5 Å². The lowest BCUT2D eigenvalue weighted by atomic mass is 10.00. The second-order valence-electron chi connectivity index (χ2n) is 7.09. The van der Waals surface area contributed by atoms with Gasteiger partial charge in [0.05, 0.1) is 24.3 Å². The van der Waals surface area contributed by atoms with Crippen molar-refractivity contribution in [2.24, 2.45) is 0 Å². The molecule has 1 amide bonds. The summed E-state index contributed by atoms with van der Waals surface area (Å²) in [5.41, 5.74) is 0.714. The molecule has 0 unspecified atom stereocenters. The number of ketones is 1. The minimum Gasteiger partial charge on any atom is -0.490 e. The van der Waals surface area contributed by atoms with E-state index in [4.69, 9.17) is 9.47 Å². The molecule has 0 atom stereocenters. The van der Waals surface area contributed by atoms with E-state index in [1.165, 1.54) is 20.1 Å². The number of nitro groups is 1. The van der Waals surface area contributed by atoms with Gasteiger partial charge in [0.2, 0.25) is 0 Å². The molecule has 0 saturated carbocycles. The van der Waals surface area contributed by atoms with Crippen molar-refractivity contribution < 1.29 is 24.0 Å². The molecule has 152 valence electrons. The van der Waals surface area contributed by atoms with Gasteiger partial charge in [-0.25, -0.2) is 4.79 Å². The van der Waals surface area contributed by atoms with Crippen molar-refractivity contribution in [3.8, 4) is 5.75 Å². The minimum absolute atomic E-state index is 0.0996. The van der Waals surface area contributed by atoms with Crippen LogP contribution in [-0.2, 0) is 4.74 Å². The standard InChI is InChI=1S/C19H25N3O6/c1-13(23)15-11-17(22(25)26)18(27-2)12-16(15)20-8-5-14(6-9-20)21-7-3-4-10-28-19(21)24/h11-12,14H,3-10H2,1-2H3. The first-order valence-corrected chi connectivity index (χ1v) is 9.48. The van der Waals surface area contributed by atoms with Crippen molar-refractivity contribution in [1.82, 2.24) is 4.90 Å². The number of methoxy groups -OCH3 is 1. The molecular weight excluding hydrogens is 366 g/mol. The zero-order chi connectivity index (χ0) is 20.3. The maximum atomic E-state index is 12.2. The molecule has 28 heavy (non-hydrogen) atoms. The average molecular weight is 391 g/mol. The predicted octanol–water partition coefficient (Wildman–Crippen LogP) is 3.01. The van der Waals surface area contributed by atoms with E-state index < -0.39 is 4.92 Å². The first-order chi connectivity index (χ1) is 13.4. The van der Waals surface area contributed by atoms with E-state index in [1.54, 1.807) is 6.07 Å². The molecule has 2 aliphatic heterocycles. The molecule has 2 fully saturated rings. The fourth-order valence-electron chi connectivity index (χ4n) is 3.88. The number of nitrogens with zero attached hydrogens (tertiary/aromatic N) is 3. The van der Waals surface area contributed by atoms with Crippen LogP contribution in [0.5, 0.6) is 5.75 Å². The molecule has 3 rings (SSSR count). The van der Waals surface area contributed by atoms with Gasteiger partial charge in [0, 0.05) is 43.4 Å². The number of carbonyl (C=O) groups is 2. The average Bonchev–Trinajstić information content (AvgIpc) is 2.91. The maximum Gasteiger partial charge on any atom is 0.410 e. The van der Waals surface area contributed by atoms with Crippen LogP contribution in [0.25, 0.3) is 0 Å². The van der Waals surface area contributed by atoms with E-state index >= 15 is 0 Å². The normalized spacial score (nSPS) is 18.4. The summed E-state index contributed by atoms with van der Waals surface area (Å²) in [6.07, 6.45) is 3.04. The first-order valence-electron chi connectivity index (χ1n) is 9.48. The van der Waals surface area contributed by atoms with Crippen LogP contribution in [0.1, 0.15) is 43.0 Å². The van der Waals surface area contributed by atoms with Crippen LogP contribution in [0, 0.1) is 10.1 Å². The third kappa shape index (κ3) is 4.02. The molecule has 2 saturated heterocycles. The SMILES string of the molecule is COc1cc(N2CCC(N3CCCCOC3=O)CC2)c(C(C)=O)cc1[N+](=O)[O-]. The number of cyclic esters (lactones) is 1. The monoisotopic (exact) mass is 391 g/mol. The fraction of sp³-hybridized carbons (Fsp3) is 0.579. The molecule has 1 aromatic rings. The van der Waals surface area contributed by atoms with Crippen LogP contribution in [-0.4, -0.2) is 61.1 Å². The number of piperidine rings is 1. The Morgan fingerprint density at radius 2 is 1.96 bits per heavy atom. The number of anilines is 1. The Balaban J connectivity index is 1.80. The maximum absolute atomic E-state index is 12.2. The van der Waals surface area contributed by atoms with Gasteiger partial charge in [-0.3, -0.25) is 14.9 Å². The lowest BCUT2D eigenvalue weighted by molar-refractivity contribution is -0.385. The number of ether oxygens (including phenoxy) is 2. The third-order valence-corrected chi connectivity index (χ3v) is 5.37. The molecule has 0 aliphatic carbocycles. The minimum atomic E-state index is -0.549. The number of amides is 1. The van der Waals surface area contributed by atoms with E-state index in [0.717, 1.165) is 25.7 Å². The van der Waals surface area contributed by atoms with Crippen molar-refractivity contribution in [1.29, 1.82) is 0 Å². The summed E-state index contributed by atoms with van der Waals surface area (Å²) < 4.78 is 10.4. The zero-order valence-corrected chi connectivity index (χ0v) is 16.2. The van der Waals surface area contributed by atoms with Gasteiger partial charge in [0.1, 0.15) is 0 Å². The molecule has 0 N–H and O–H groups in total.